The molecule has 3 nitrogen and oxygen atoms in total. The zero-order valence-electron chi connectivity index (χ0n) is 12.0. The van der Waals surface area contributed by atoms with Crippen molar-refractivity contribution in [1.82, 2.24) is 10.3 Å². The lowest BCUT2D eigenvalue weighted by atomic mass is 9.84. The van der Waals surface area contributed by atoms with Crippen LogP contribution in [0.4, 0.5) is 4.39 Å². The molecule has 3 N–H and O–H groups in total. The topological polar surface area (TPSA) is 41.3 Å². The summed E-state index contributed by atoms with van der Waals surface area (Å²) in [6, 6.07) is 4.54. The number of nitrogens with zero attached hydrogens (tertiary/aromatic N) is 1. The maximum atomic E-state index is 13.8. The summed E-state index contributed by atoms with van der Waals surface area (Å²) in [5.41, 5.74) is 3.24. The highest BCUT2D eigenvalue weighted by Crippen LogP contribution is 2.25. The average Bonchev–Trinajstić information content (AvgIpc) is 2.38. The second-order valence-electron chi connectivity index (χ2n) is 5.26. The van der Waals surface area contributed by atoms with Crippen molar-refractivity contribution in [1.29, 1.82) is 0 Å². The number of nitrogens with two attached hydrogens (primary N) is 1. The van der Waals surface area contributed by atoms with E-state index in [2.05, 4.69) is 24.2 Å². The number of likely N-dealkylation sites (N-methyl/N-ethyl adjacent to an activating group) is 1. The molecule has 0 saturated heterocycles. The van der Waals surface area contributed by atoms with Gasteiger partial charge in [0.15, 0.2) is 0 Å². The monoisotopic (exact) mass is 287 g/mol. The lowest BCUT2D eigenvalue weighted by molar-refractivity contribution is 0.112. The minimum absolute atomic E-state index is 0.0690. The Bertz CT molecular complexity index is 425. The Balaban J connectivity index is 3.02. The van der Waals surface area contributed by atoms with Crippen LogP contribution in [-0.2, 0) is 6.42 Å². The molecule has 0 spiro atoms. The molecule has 0 bridgehead atoms. The van der Waals surface area contributed by atoms with Gasteiger partial charge in [-0.3, -0.25) is 11.3 Å². The molecule has 108 valence electrons. The smallest absolute Gasteiger partial charge is 0.126 e. The van der Waals surface area contributed by atoms with Gasteiger partial charge in [0.2, 0.25) is 0 Å². The molecule has 0 radical (unpaired) electrons. The number of halogens is 2. The highest BCUT2D eigenvalue weighted by atomic mass is 35.5. The van der Waals surface area contributed by atoms with E-state index in [1.807, 2.05) is 14.1 Å². The number of nitrogens with one attached hydrogen (secondary N) is 1. The number of hydrogen-bond donors (Lipinski definition) is 2. The van der Waals surface area contributed by atoms with Gasteiger partial charge in [0, 0.05) is 16.6 Å². The number of hydrogen-bond acceptors (Lipinski definition) is 3. The highest BCUT2D eigenvalue weighted by molar-refractivity contribution is 6.30. The first-order valence-corrected chi connectivity index (χ1v) is 6.80. The molecule has 0 aromatic heterocycles. The third-order valence-corrected chi connectivity index (χ3v) is 4.36. The second-order valence-corrected chi connectivity index (χ2v) is 5.70. The number of benzene rings is 1. The van der Waals surface area contributed by atoms with Crippen molar-refractivity contribution < 1.29 is 4.39 Å². The molecule has 0 aliphatic heterocycles. The van der Waals surface area contributed by atoms with Crippen LogP contribution in [0.2, 0.25) is 5.02 Å². The molecule has 0 aliphatic rings. The molecule has 19 heavy (non-hydrogen) atoms. The fraction of sp³-hybridized carbons (Fsp3) is 0.571. The molecule has 0 saturated carbocycles. The molecule has 1 rings (SSSR count). The van der Waals surface area contributed by atoms with Crippen LogP contribution in [0.15, 0.2) is 18.2 Å². The maximum absolute atomic E-state index is 13.8. The number of hydrazine groups is 1. The molecule has 2 atom stereocenters. The summed E-state index contributed by atoms with van der Waals surface area (Å²) in [4.78, 5) is 2.11. The van der Waals surface area contributed by atoms with Crippen LogP contribution in [0, 0.1) is 5.82 Å². The molecule has 0 aliphatic carbocycles. The summed E-state index contributed by atoms with van der Waals surface area (Å²) in [5.74, 6) is 5.43. The Kier molecular flexibility index (Phi) is 5.74. The van der Waals surface area contributed by atoms with Crippen LogP contribution in [0.5, 0.6) is 0 Å². The van der Waals surface area contributed by atoms with Crippen LogP contribution >= 0.6 is 11.6 Å². The first kappa shape index (κ1) is 16.4. The lowest BCUT2D eigenvalue weighted by Gasteiger charge is -2.42. The SMILES string of the molecule is CCC(C)(C(Cc1cc(Cl)ccc1F)NN)N(C)C. The first-order valence-electron chi connectivity index (χ1n) is 6.42. The molecule has 2 unspecified atom stereocenters. The van der Waals surface area contributed by atoms with Crippen molar-refractivity contribution in [2.45, 2.75) is 38.3 Å². The molecule has 0 heterocycles. The van der Waals surface area contributed by atoms with Crippen LogP contribution in [-0.4, -0.2) is 30.6 Å². The van der Waals surface area contributed by atoms with E-state index in [1.54, 1.807) is 12.1 Å². The van der Waals surface area contributed by atoms with Gasteiger partial charge in [0.1, 0.15) is 5.82 Å². The van der Waals surface area contributed by atoms with Gasteiger partial charge in [-0.1, -0.05) is 18.5 Å². The highest BCUT2D eigenvalue weighted by Gasteiger charge is 2.34. The van der Waals surface area contributed by atoms with Crippen molar-refractivity contribution in [3.05, 3.63) is 34.6 Å². The maximum Gasteiger partial charge on any atom is 0.126 e. The first-order chi connectivity index (χ1) is 8.85. The summed E-state index contributed by atoms with van der Waals surface area (Å²) in [6.07, 6.45) is 1.39. The number of rotatable bonds is 6. The standard InChI is InChI=1S/C14H23ClFN3/c1-5-14(2,19(3)4)13(18-17)9-10-8-11(15)6-7-12(10)16/h6-8,13,18H,5,9,17H2,1-4H3. The summed E-state index contributed by atoms with van der Waals surface area (Å²) >= 11 is 5.93. The third kappa shape index (κ3) is 3.66. The normalized spacial score (nSPS) is 16.4. The van der Waals surface area contributed by atoms with Crippen molar-refractivity contribution in [3.8, 4) is 0 Å². The van der Waals surface area contributed by atoms with Crippen LogP contribution in [0.3, 0.4) is 0 Å². The van der Waals surface area contributed by atoms with Gasteiger partial charge >= 0.3 is 0 Å². The molecule has 5 heteroatoms. The van der Waals surface area contributed by atoms with E-state index in [4.69, 9.17) is 17.4 Å². The van der Waals surface area contributed by atoms with E-state index in [0.717, 1.165) is 6.42 Å². The van der Waals surface area contributed by atoms with E-state index < -0.39 is 0 Å². The Morgan fingerprint density at radius 2 is 2.11 bits per heavy atom. The van der Waals surface area contributed by atoms with E-state index >= 15 is 0 Å². The summed E-state index contributed by atoms with van der Waals surface area (Å²) in [6.45, 7) is 4.21. The Morgan fingerprint density at radius 1 is 1.47 bits per heavy atom. The average molecular weight is 288 g/mol. The van der Waals surface area contributed by atoms with Gasteiger partial charge in [-0.25, -0.2) is 4.39 Å². The second kappa shape index (κ2) is 6.66. The van der Waals surface area contributed by atoms with Crippen molar-refractivity contribution >= 4 is 11.6 Å². The van der Waals surface area contributed by atoms with Crippen molar-refractivity contribution in [3.63, 3.8) is 0 Å². The Labute approximate surface area is 119 Å². The minimum Gasteiger partial charge on any atom is -0.302 e. The third-order valence-electron chi connectivity index (χ3n) is 4.12. The molecule has 0 fully saturated rings. The molecule has 1 aromatic rings. The Hall–Kier alpha value is -0.680. The summed E-state index contributed by atoms with van der Waals surface area (Å²) < 4.78 is 13.8. The lowest BCUT2D eigenvalue weighted by Crippen LogP contribution is -2.59. The van der Waals surface area contributed by atoms with E-state index in [0.29, 0.717) is 17.0 Å². The Morgan fingerprint density at radius 3 is 2.58 bits per heavy atom. The quantitative estimate of drug-likeness (QED) is 0.624. The predicted octanol–water partition coefficient (Wildman–Crippen LogP) is 2.58. The van der Waals surface area contributed by atoms with E-state index in [9.17, 15) is 4.39 Å². The van der Waals surface area contributed by atoms with Crippen LogP contribution in [0.1, 0.15) is 25.8 Å². The largest absolute Gasteiger partial charge is 0.302 e. The van der Waals surface area contributed by atoms with Gasteiger partial charge in [-0.2, -0.15) is 0 Å². The zero-order chi connectivity index (χ0) is 14.6. The van der Waals surface area contributed by atoms with E-state index in [1.165, 1.54) is 6.07 Å². The van der Waals surface area contributed by atoms with Gasteiger partial charge in [0.05, 0.1) is 0 Å². The van der Waals surface area contributed by atoms with Crippen molar-refractivity contribution in [2.24, 2.45) is 5.84 Å². The fourth-order valence-electron chi connectivity index (χ4n) is 2.25. The van der Waals surface area contributed by atoms with Crippen LogP contribution in [0.25, 0.3) is 0 Å². The van der Waals surface area contributed by atoms with Gasteiger partial charge in [0.25, 0.3) is 0 Å². The summed E-state index contributed by atoms with van der Waals surface area (Å²) in [5, 5.41) is 0.537. The molecular weight excluding hydrogens is 265 g/mol. The van der Waals surface area contributed by atoms with Gasteiger partial charge in [-0.15, -0.1) is 0 Å². The summed E-state index contributed by atoms with van der Waals surface area (Å²) in [7, 11) is 4.00. The molecular formula is C14H23ClFN3. The van der Waals surface area contributed by atoms with Crippen LogP contribution < -0.4 is 11.3 Å². The van der Waals surface area contributed by atoms with E-state index in [-0.39, 0.29) is 17.4 Å². The molecule has 0 amide bonds. The van der Waals surface area contributed by atoms with Gasteiger partial charge in [-0.05, 0) is 57.6 Å². The fourth-order valence-corrected chi connectivity index (χ4v) is 2.45. The predicted molar refractivity (Wildman–Crippen MR) is 78.6 cm³/mol. The minimum atomic E-state index is -0.248. The van der Waals surface area contributed by atoms with Gasteiger partial charge < -0.3 is 4.90 Å². The molecule has 1 aromatic carbocycles. The zero-order valence-corrected chi connectivity index (χ0v) is 12.8. The van der Waals surface area contributed by atoms with Crippen molar-refractivity contribution in [2.75, 3.05) is 14.1 Å².